The molecule has 2 heterocycles. The van der Waals surface area contributed by atoms with Gasteiger partial charge in [-0.2, -0.15) is 5.10 Å². The molecule has 2 aromatic carbocycles. The van der Waals surface area contributed by atoms with Gasteiger partial charge in [-0.1, -0.05) is 55.8 Å². The minimum atomic E-state index is -0.812. The highest BCUT2D eigenvalue weighted by Gasteiger charge is 2.25. The molecule has 3 amide bonds. The molecule has 0 bridgehead atoms. The fourth-order valence-electron chi connectivity index (χ4n) is 4.20. The molecule has 1 fully saturated rings. The second-order valence-electron chi connectivity index (χ2n) is 9.13. The van der Waals surface area contributed by atoms with Gasteiger partial charge < -0.3 is 19.5 Å². The maximum absolute atomic E-state index is 12.9. The van der Waals surface area contributed by atoms with Crippen molar-refractivity contribution in [2.75, 3.05) is 26.3 Å². The van der Waals surface area contributed by atoms with Crippen LogP contribution in [0.25, 0.3) is 10.9 Å². The standard InChI is InChI=1S/C27H30ClN5O4/c1-18(2)25(30-26(35)21-8-3-5-9-22(21)28)27(36)31-29-15-19-16-33(23-10-6-4-7-20(19)23)17-24(34)32-11-13-37-14-12-32/h3-10,15-16,18,25H,11-14,17H2,1-2H3,(H,30,35)(H,31,36)/b29-15-. The Balaban J connectivity index is 1.45. The molecule has 194 valence electrons. The number of halogens is 1. The summed E-state index contributed by atoms with van der Waals surface area (Å²) in [5.41, 5.74) is 4.48. The van der Waals surface area contributed by atoms with Crippen LogP contribution in [0.15, 0.2) is 59.8 Å². The van der Waals surface area contributed by atoms with Gasteiger partial charge in [0, 0.05) is 35.8 Å². The van der Waals surface area contributed by atoms with Crippen molar-refractivity contribution < 1.29 is 19.1 Å². The van der Waals surface area contributed by atoms with Gasteiger partial charge in [0.05, 0.1) is 30.0 Å². The van der Waals surface area contributed by atoms with Crippen molar-refractivity contribution in [1.29, 1.82) is 0 Å². The van der Waals surface area contributed by atoms with E-state index in [4.69, 9.17) is 16.3 Å². The summed E-state index contributed by atoms with van der Waals surface area (Å²) in [7, 11) is 0. The number of carbonyl (C=O) groups is 3. The maximum atomic E-state index is 12.9. The van der Waals surface area contributed by atoms with Gasteiger partial charge >= 0.3 is 0 Å². The van der Waals surface area contributed by atoms with Crippen LogP contribution < -0.4 is 10.7 Å². The van der Waals surface area contributed by atoms with Gasteiger partial charge in [-0.15, -0.1) is 0 Å². The van der Waals surface area contributed by atoms with Crippen LogP contribution in [0.3, 0.4) is 0 Å². The fraction of sp³-hybridized carbons (Fsp3) is 0.333. The van der Waals surface area contributed by atoms with Crippen LogP contribution in [0.4, 0.5) is 0 Å². The second kappa shape index (κ2) is 12.0. The third kappa shape index (κ3) is 6.36. The Morgan fingerprint density at radius 3 is 2.51 bits per heavy atom. The van der Waals surface area contributed by atoms with Gasteiger partial charge in [-0.3, -0.25) is 14.4 Å². The molecule has 0 saturated carbocycles. The summed E-state index contributed by atoms with van der Waals surface area (Å²) in [6, 6.07) is 13.6. The van der Waals surface area contributed by atoms with E-state index in [9.17, 15) is 14.4 Å². The Hall–Kier alpha value is -3.69. The molecule has 1 aromatic heterocycles. The number of nitrogens with one attached hydrogen (secondary N) is 2. The Kier molecular flexibility index (Phi) is 8.58. The van der Waals surface area contributed by atoms with Crippen LogP contribution in [0, 0.1) is 5.92 Å². The van der Waals surface area contributed by atoms with Gasteiger partial charge in [0.2, 0.25) is 5.91 Å². The lowest BCUT2D eigenvalue weighted by Gasteiger charge is -2.27. The number of morpholine rings is 1. The molecule has 3 aromatic rings. The SMILES string of the molecule is CC(C)C(NC(=O)c1ccccc1Cl)C(=O)N/N=C\c1cn(CC(=O)N2CCOCC2)c2ccccc12. The number of aromatic nitrogens is 1. The second-order valence-corrected chi connectivity index (χ2v) is 9.54. The number of rotatable bonds is 8. The number of hydrazone groups is 1. The molecule has 37 heavy (non-hydrogen) atoms. The van der Waals surface area contributed by atoms with E-state index >= 15 is 0 Å². The molecular formula is C27H30ClN5O4. The van der Waals surface area contributed by atoms with Gasteiger partial charge in [0.1, 0.15) is 12.6 Å². The number of hydrogen-bond acceptors (Lipinski definition) is 5. The maximum Gasteiger partial charge on any atom is 0.262 e. The highest BCUT2D eigenvalue weighted by atomic mass is 35.5. The van der Waals surface area contributed by atoms with Crippen molar-refractivity contribution >= 4 is 46.4 Å². The molecule has 1 atom stereocenters. The third-order valence-corrected chi connectivity index (χ3v) is 6.55. The zero-order valence-electron chi connectivity index (χ0n) is 20.8. The van der Waals surface area contributed by atoms with E-state index in [0.717, 1.165) is 16.5 Å². The molecule has 2 N–H and O–H groups in total. The summed E-state index contributed by atoms with van der Waals surface area (Å²) in [5, 5.41) is 8.11. The van der Waals surface area contributed by atoms with Crippen LogP contribution >= 0.6 is 11.6 Å². The van der Waals surface area contributed by atoms with Crippen molar-refractivity contribution in [3.63, 3.8) is 0 Å². The first-order valence-electron chi connectivity index (χ1n) is 12.2. The normalized spacial score (nSPS) is 14.8. The monoisotopic (exact) mass is 523 g/mol. The number of hydrogen-bond donors (Lipinski definition) is 2. The quantitative estimate of drug-likeness (QED) is 0.350. The minimum Gasteiger partial charge on any atom is -0.378 e. The summed E-state index contributed by atoms with van der Waals surface area (Å²) in [5.74, 6) is -1.04. The van der Waals surface area contributed by atoms with E-state index < -0.39 is 17.9 Å². The zero-order valence-corrected chi connectivity index (χ0v) is 21.6. The smallest absolute Gasteiger partial charge is 0.262 e. The number of fused-ring (bicyclic) bond motifs is 1. The van der Waals surface area contributed by atoms with Crippen molar-refractivity contribution in [3.05, 3.63) is 70.9 Å². The van der Waals surface area contributed by atoms with Crippen molar-refractivity contribution in [3.8, 4) is 0 Å². The Labute approximate surface area is 220 Å². The highest BCUT2D eigenvalue weighted by Crippen LogP contribution is 2.20. The van der Waals surface area contributed by atoms with E-state index in [2.05, 4.69) is 15.8 Å². The van der Waals surface area contributed by atoms with Crippen LogP contribution in [0.1, 0.15) is 29.8 Å². The van der Waals surface area contributed by atoms with E-state index in [1.54, 1.807) is 35.4 Å². The van der Waals surface area contributed by atoms with Crippen molar-refractivity contribution in [2.45, 2.75) is 26.4 Å². The molecule has 10 heteroatoms. The van der Waals surface area contributed by atoms with Crippen LogP contribution in [0.2, 0.25) is 5.02 Å². The zero-order chi connectivity index (χ0) is 26.4. The Bertz CT molecular complexity index is 1310. The summed E-state index contributed by atoms with van der Waals surface area (Å²) in [6.45, 7) is 6.13. The summed E-state index contributed by atoms with van der Waals surface area (Å²) in [4.78, 5) is 40.1. The molecule has 9 nitrogen and oxygen atoms in total. The molecule has 1 saturated heterocycles. The average Bonchev–Trinajstić information content (AvgIpc) is 3.24. The van der Waals surface area contributed by atoms with Gasteiger partial charge in [-0.25, -0.2) is 5.43 Å². The topological polar surface area (TPSA) is 105 Å². The molecule has 0 aliphatic carbocycles. The first kappa shape index (κ1) is 26.4. The third-order valence-electron chi connectivity index (χ3n) is 6.22. The van der Waals surface area contributed by atoms with E-state index in [0.29, 0.717) is 36.9 Å². The highest BCUT2D eigenvalue weighted by molar-refractivity contribution is 6.33. The molecule has 1 aliphatic heterocycles. The minimum absolute atomic E-state index is 0.0230. The molecule has 0 radical (unpaired) electrons. The predicted octanol–water partition coefficient (Wildman–Crippen LogP) is 3.06. The first-order chi connectivity index (χ1) is 17.8. The Morgan fingerprint density at radius 1 is 1.08 bits per heavy atom. The van der Waals surface area contributed by atoms with E-state index in [-0.39, 0.29) is 18.4 Å². The lowest BCUT2D eigenvalue weighted by Crippen LogP contribution is -2.48. The predicted molar refractivity (Wildman–Crippen MR) is 143 cm³/mol. The van der Waals surface area contributed by atoms with Crippen molar-refractivity contribution in [2.24, 2.45) is 11.0 Å². The number of nitrogens with zero attached hydrogens (tertiary/aromatic N) is 3. The number of carbonyl (C=O) groups excluding carboxylic acids is 3. The molecule has 1 aliphatic rings. The number of ether oxygens (including phenoxy) is 1. The van der Waals surface area contributed by atoms with Crippen LogP contribution in [-0.2, 0) is 20.9 Å². The van der Waals surface area contributed by atoms with Crippen molar-refractivity contribution in [1.82, 2.24) is 20.2 Å². The lowest BCUT2D eigenvalue weighted by atomic mass is 10.0. The van der Waals surface area contributed by atoms with E-state index in [1.165, 1.54) is 0 Å². The fourth-order valence-corrected chi connectivity index (χ4v) is 4.42. The molecule has 4 rings (SSSR count). The first-order valence-corrected chi connectivity index (χ1v) is 12.5. The number of amides is 3. The van der Waals surface area contributed by atoms with Gasteiger partial charge in [0.25, 0.3) is 11.8 Å². The Morgan fingerprint density at radius 2 is 1.78 bits per heavy atom. The van der Waals surface area contributed by atoms with Crippen LogP contribution in [-0.4, -0.2) is 65.7 Å². The summed E-state index contributed by atoms with van der Waals surface area (Å²) >= 11 is 6.12. The van der Waals surface area contributed by atoms with Gasteiger partial charge in [0.15, 0.2) is 0 Å². The summed E-state index contributed by atoms with van der Waals surface area (Å²) < 4.78 is 7.22. The largest absolute Gasteiger partial charge is 0.378 e. The number of para-hydroxylation sites is 1. The van der Waals surface area contributed by atoms with Crippen LogP contribution in [0.5, 0.6) is 0 Å². The lowest BCUT2D eigenvalue weighted by molar-refractivity contribution is -0.135. The van der Waals surface area contributed by atoms with E-state index in [1.807, 2.05) is 48.9 Å². The molecule has 1 unspecified atom stereocenters. The average molecular weight is 524 g/mol. The summed E-state index contributed by atoms with van der Waals surface area (Å²) in [6.07, 6.45) is 3.39. The number of benzene rings is 2. The molecule has 0 spiro atoms. The van der Waals surface area contributed by atoms with Gasteiger partial charge in [-0.05, 0) is 24.1 Å². The molecular weight excluding hydrogens is 494 g/mol.